The first kappa shape index (κ1) is 21.9. The van der Waals surface area contributed by atoms with E-state index in [1.54, 1.807) is 37.3 Å². The maximum Gasteiger partial charge on any atom is 0.265 e. The quantitative estimate of drug-likeness (QED) is 0.579. The van der Waals surface area contributed by atoms with E-state index in [2.05, 4.69) is 5.32 Å². The highest BCUT2D eigenvalue weighted by molar-refractivity contribution is 7.89. The number of halogens is 1. The predicted molar refractivity (Wildman–Crippen MR) is 116 cm³/mol. The van der Waals surface area contributed by atoms with E-state index in [9.17, 15) is 17.6 Å². The summed E-state index contributed by atoms with van der Waals surface area (Å²) in [6.45, 7) is 2.07. The second-order valence-corrected chi connectivity index (χ2v) is 9.71. The maximum atomic E-state index is 13.1. The summed E-state index contributed by atoms with van der Waals surface area (Å²) in [5.41, 5.74) is 1.14. The van der Waals surface area contributed by atoms with E-state index in [-0.39, 0.29) is 22.4 Å². The van der Waals surface area contributed by atoms with Gasteiger partial charge in [-0.25, -0.2) is 17.1 Å². The van der Waals surface area contributed by atoms with Crippen LogP contribution in [0, 0.1) is 5.82 Å². The third kappa shape index (κ3) is 4.69. The molecule has 2 aromatic carbocycles. The van der Waals surface area contributed by atoms with Gasteiger partial charge < -0.3 is 10.1 Å². The molecular formula is C21H21FN2O4S2. The van der Waals surface area contributed by atoms with E-state index < -0.39 is 10.0 Å². The van der Waals surface area contributed by atoms with E-state index >= 15 is 0 Å². The average molecular weight is 449 g/mol. The Kier molecular flexibility index (Phi) is 6.55. The molecule has 0 aliphatic heterocycles. The first-order valence-corrected chi connectivity index (χ1v) is 11.3. The summed E-state index contributed by atoms with van der Waals surface area (Å²) in [4.78, 5) is 13.9. The summed E-state index contributed by atoms with van der Waals surface area (Å²) in [6, 6.07) is 14.0. The van der Waals surface area contributed by atoms with Crippen molar-refractivity contribution < 1.29 is 22.3 Å². The van der Waals surface area contributed by atoms with Gasteiger partial charge in [-0.1, -0.05) is 12.1 Å². The van der Waals surface area contributed by atoms with Crippen molar-refractivity contribution in [3.05, 3.63) is 65.3 Å². The molecule has 1 heterocycles. The molecule has 0 bridgehead atoms. The first-order chi connectivity index (χ1) is 14.2. The lowest BCUT2D eigenvalue weighted by atomic mass is 10.2. The number of carbonyl (C=O) groups excluding carboxylic acids is 1. The number of benzene rings is 2. The highest BCUT2D eigenvalue weighted by Gasteiger charge is 2.23. The molecule has 0 unspecified atom stereocenters. The summed E-state index contributed by atoms with van der Waals surface area (Å²) < 4.78 is 44.9. The number of thiophene rings is 1. The Labute approximate surface area is 179 Å². The molecule has 3 rings (SSSR count). The van der Waals surface area contributed by atoms with E-state index in [1.807, 2.05) is 0 Å². The zero-order chi connectivity index (χ0) is 21.9. The molecule has 0 spiro atoms. The van der Waals surface area contributed by atoms with E-state index in [0.29, 0.717) is 17.2 Å². The Hall–Kier alpha value is -2.75. The van der Waals surface area contributed by atoms with Gasteiger partial charge in [0.15, 0.2) is 0 Å². The fourth-order valence-electron chi connectivity index (χ4n) is 2.68. The summed E-state index contributed by atoms with van der Waals surface area (Å²) in [7, 11) is -0.900. The van der Waals surface area contributed by atoms with Crippen LogP contribution in [-0.2, 0) is 10.0 Å². The molecular weight excluding hydrogens is 427 g/mol. The maximum absolute atomic E-state index is 13.1. The number of rotatable bonds is 7. The van der Waals surface area contributed by atoms with Crippen LogP contribution in [0.5, 0.6) is 5.75 Å². The molecule has 0 saturated heterocycles. The molecule has 0 atom stereocenters. The third-order valence-corrected chi connectivity index (χ3v) is 7.19. The number of ether oxygens (including phenoxy) is 1. The van der Waals surface area contributed by atoms with Crippen LogP contribution in [0.1, 0.15) is 16.6 Å². The standard InChI is InChI=1S/C21H21FN2O4S2/c1-4-28-17-10-9-16(13-20(17)30(26,27)24(2)3)23-21(25)19-12-11-18(29-19)14-5-7-15(22)8-6-14/h5-13H,4H2,1-3H3,(H,23,25). The third-order valence-electron chi connectivity index (χ3n) is 4.22. The molecule has 30 heavy (non-hydrogen) atoms. The molecule has 0 fully saturated rings. The predicted octanol–water partition coefficient (Wildman–Crippen LogP) is 4.46. The summed E-state index contributed by atoms with van der Waals surface area (Å²) >= 11 is 1.26. The zero-order valence-corrected chi connectivity index (χ0v) is 18.3. The van der Waals surface area contributed by atoms with E-state index in [1.165, 1.54) is 49.7 Å². The van der Waals surface area contributed by atoms with Crippen LogP contribution in [0.2, 0.25) is 0 Å². The Morgan fingerprint density at radius 2 is 1.80 bits per heavy atom. The molecule has 9 heteroatoms. The molecule has 1 N–H and O–H groups in total. The molecule has 158 valence electrons. The lowest BCUT2D eigenvalue weighted by Gasteiger charge is -2.16. The van der Waals surface area contributed by atoms with Crippen molar-refractivity contribution in [3.63, 3.8) is 0 Å². The first-order valence-electron chi connectivity index (χ1n) is 9.09. The van der Waals surface area contributed by atoms with Crippen LogP contribution in [-0.4, -0.2) is 39.3 Å². The van der Waals surface area contributed by atoms with Crippen molar-refractivity contribution in [2.75, 3.05) is 26.0 Å². The monoisotopic (exact) mass is 448 g/mol. The molecule has 0 aliphatic carbocycles. The highest BCUT2D eigenvalue weighted by Crippen LogP contribution is 2.31. The lowest BCUT2D eigenvalue weighted by molar-refractivity contribution is 0.103. The van der Waals surface area contributed by atoms with Gasteiger partial charge in [-0.15, -0.1) is 11.3 Å². The van der Waals surface area contributed by atoms with Crippen LogP contribution in [0.15, 0.2) is 59.5 Å². The molecule has 3 aromatic rings. The van der Waals surface area contributed by atoms with Crippen molar-refractivity contribution >= 4 is 33.0 Å². The number of sulfonamides is 1. The van der Waals surface area contributed by atoms with Crippen LogP contribution in [0.4, 0.5) is 10.1 Å². The van der Waals surface area contributed by atoms with Crippen LogP contribution in [0.3, 0.4) is 0 Å². The van der Waals surface area contributed by atoms with Crippen LogP contribution in [0.25, 0.3) is 10.4 Å². The number of nitrogens with zero attached hydrogens (tertiary/aromatic N) is 1. The average Bonchev–Trinajstić information content (AvgIpc) is 3.20. The van der Waals surface area contributed by atoms with Crippen LogP contribution < -0.4 is 10.1 Å². The van der Waals surface area contributed by atoms with Gasteiger partial charge in [0.05, 0.1) is 11.5 Å². The summed E-state index contributed by atoms with van der Waals surface area (Å²) in [5.74, 6) is -0.475. The Bertz CT molecular complexity index is 1160. The van der Waals surface area contributed by atoms with Crippen molar-refractivity contribution in [3.8, 4) is 16.2 Å². The van der Waals surface area contributed by atoms with Gasteiger partial charge in [0, 0.05) is 24.7 Å². The number of hydrogen-bond donors (Lipinski definition) is 1. The Morgan fingerprint density at radius 1 is 1.10 bits per heavy atom. The number of carbonyl (C=O) groups is 1. The second kappa shape index (κ2) is 8.95. The fraction of sp³-hybridized carbons (Fsp3) is 0.190. The second-order valence-electron chi connectivity index (χ2n) is 6.51. The summed E-state index contributed by atoms with van der Waals surface area (Å²) in [6.07, 6.45) is 0. The Balaban J connectivity index is 1.86. The number of anilines is 1. The molecule has 6 nitrogen and oxygen atoms in total. The van der Waals surface area contributed by atoms with Gasteiger partial charge in [0.25, 0.3) is 5.91 Å². The molecule has 1 amide bonds. The smallest absolute Gasteiger partial charge is 0.265 e. The van der Waals surface area contributed by atoms with Gasteiger partial charge in [0.2, 0.25) is 10.0 Å². The largest absolute Gasteiger partial charge is 0.492 e. The minimum atomic E-state index is -3.76. The number of nitrogens with one attached hydrogen (secondary N) is 1. The van der Waals surface area contributed by atoms with Gasteiger partial charge >= 0.3 is 0 Å². The van der Waals surface area contributed by atoms with Gasteiger partial charge in [0.1, 0.15) is 16.5 Å². The normalized spacial score (nSPS) is 11.5. The van der Waals surface area contributed by atoms with Gasteiger partial charge in [-0.3, -0.25) is 4.79 Å². The zero-order valence-electron chi connectivity index (χ0n) is 16.7. The number of amides is 1. The molecule has 0 aliphatic rings. The minimum absolute atomic E-state index is 0.0228. The number of hydrogen-bond acceptors (Lipinski definition) is 5. The highest BCUT2D eigenvalue weighted by atomic mass is 32.2. The molecule has 1 aromatic heterocycles. The van der Waals surface area contributed by atoms with Crippen molar-refractivity contribution in [1.29, 1.82) is 0 Å². The lowest BCUT2D eigenvalue weighted by Crippen LogP contribution is -2.23. The van der Waals surface area contributed by atoms with Gasteiger partial charge in [-0.2, -0.15) is 0 Å². The fourth-order valence-corrected chi connectivity index (χ4v) is 4.64. The molecule has 0 radical (unpaired) electrons. The minimum Gasteiger partial charge on any atom is -0.492 e. The van der Waals surface area contributed by atoms with Crippen molar-refractivity contribution in [2.45, 2.75) is 11.8 Å². The summed E-state index contributed by atoms with van der Waals surface area (Å²) in [5, 5.41) is 2.73. The SMILES string of the molecule is CCOc1ccc(NC(=O)c2ccc(-c3ccc(F)cc3)s2)cc1S(=O)(=O)N(C)C. The van der Waals surface area contributed by atoms with Crippen molar-refractivity contribution in [2.24, 2.45) is 0 Å². The Morgan fingerprint density at radius 3 is 2.43 bits per heavy atom. The van der Waals surface area contributed by atoms with E-state index in [0.717, 1.165) is 14.7 Å². The molecule has 0 saturated carbocycles. The van der Waals surface area contributed by atoms with Gasteiger partial charge in [-0.05, 0) is 55.0 Å². The van der Waals surface area contributed by atoms with Crippen LogP contribution >= 0.6 is 11.3 Å². The van der Waals surface area contributed by atoms with Crippen molar-refractivity contribution in [1.82, 2.24) is 4.31 Å². The topological polar surface area (TPSA) is 75.7 Å². The van der Waals surface area contributed by atoms with E-state index in [4.69, 9.17) is 4.74 Å².